The Morgan fingerprint density at radius 3 is 2.38 bits per heavy atom. The molecule has 0 N–H and O–H groups in total. The SMILES string of the molecule is Cc1ccc(S(C)(=O)=O)cc1C(=O)N1CCN(Cc2csc(C(C)(C)C)n2)CC1. The van der Waals surface area contributed by atoms with Crippen molar-refractivity contribution in [2.75, 3.05) is 32.4 Å². The molecule has 0 aliphatic carbocycles. The number of sulfone groups is 1. The molecule has 3 rings (SSSR count). The zero-order valence-electron chi connectivity index (χ0n) is 17.7. The highest BCUT2D eigenvalue weighted by molar-refractivity contribution is 7.90. The summed E-state index contributed by atoms with van der Waals surface area (Å²) in [6, 6.07) is 4.76. The van der Waals surface area contributed by atoms with Crippen LogP contribution < -0.4 is 0 Å². The van der Waals surface area contributed by atoms with E-state index < -0.39 is 9.84 Å². The maximum absolute atomic E-state index is 13.0. The van der Waals surface area contributed by atoms with Gasteiger partial charge in [-0.1, -0.05) is 26.8 Å². The highest BCUT2D eigenvalue weighted by Gasteiger charge is 2.25. The van der Waals surface area contributed by atoms with Crippen molar-refractivity contribution in [3.8, 4) is 0 Å². The molecular formula is C21H29N3O3S2. The van der Waals surface area contributed by atoms with Gasteiger partial charge in [0.1, 0.15) is 0 Å². The second-order valence-electron chi connectivity index (χ2n) is 8.71. The van der Waals surface area contributed by atoms with Crippen molar-refractivity contribution in [1.82, 2.24) is 14.8 Å². The van der Waals surface area contributed by atoms with Gasteiger partial charge >= 0.3 is 0 Å². The lowest BCUT2D eigenvalue weighted by Gasteiger charge is -2.34. The third-order valence-electron chi connectivity index (χ3n) is 5.11. The number of rotatable bonds is 4. The van der Waals surface area contributed by atoms with E-state index in [0.717, 1.165) is 42.2 Å². The molecule has 2 heterocycles. The third-order valence-corrected chi connectivity index (χ3v) is 7.53. The van der Waals surface area contributed by atoms with Gasteiger partial charge in [-0.25, -0.2) is 13.4 Å². The molecule has 0 atom stereocenters. The van der Waals surface area contributed by atoms with Gasteiger partial charge in [0, 0.05) is 55.3 Å². The maximum Gasteiger partial charge on any atom is 0.254 e. The van der Waals surface area contributed by atoms with Gasteiger partial charge in [0.25, 0.3) is 5.91 Å². The first-order chi connectivity index (χ1) is 13.4. The highest BCUT2D eigenvalue weighted by atomic mass is 32.2. The molecule has 0 spiro atoms. The predicted octanol–water partition coefficient (Wildman–Crippen LogP) is 3.11. The number of piperazine rings is 1. The van der Waals surface area contributed by atoms with Crippen LogP contribution in [0, 0.1) is 6.92 Å². The number of hydrogen-bond acceptors (Lipinski definition) is 6. The molecule has 1 aromatic carbocycles. The molecule has 158 valence electrons. The molecule has 1 amide bonds. The maximum atomic E-state index is 13.0. The highest BCUT2D eigenvalue weighted by Crippen LogP contribution is 2.26. The van der Waals surface area contributed by atoms with Crippen LogP contribution in [-0.4, -0.2) is 61.5 Å². The monoisotopic (exact) mass is 435 g/mol. The largest absolute Gasteiger partial charge is 0.336 e. The molecule has 2 aromatic rings. The fourth-order valence-corrected chi connectivity index (χ4v) is 4.84. The lowest BCUT2D eigenvalue weighted by atomic mass is 9.98. The molecule has 1 aliphatic rings. The molecule has 8 heteroatoms. The first-order valence-corrected chi connectivity index (χ1v) is 12.5. The molecule has 1 fully saturated rings. The minimum absolute atomic E-state index is 0.0619. The van der Waals surface area contributed by atoms with Crippen LogP contribution in [0.5, 0.6) is 0 Å². The Kier molecular flexibility index (Phi) is 6.17. The van der Waals surface area contributed by atoms with Crippen LogP contribution >= 0.6 is 11.3 Å². The summed E-state index contributed by atoms with van der Waals surface area (Å²) in [4.78, 5) is 22.0. The first kappa shape index (κ1) is 21.9. The van der Waals surface area contributed by atoms with Crippen molar-refractivity contribution in [1.29, 1.82) is 0 Å². The van der Waals surface area contributed by atoms with Crippen LogP contribution in [0.25, 0.3) is 0 Å². The number of carbonyl (C=O) groups is 1. The van der Waals surface area contributed by atoms with E-state index in [9.17, 15) is 13.2 Å². The average Bonchev–Trinajstić information content (AvgIpc) is 3.10. The van der Waals surface area contributed by atoms with Gasteiger partial charge in [0.15, 0.2) is 9.84 Å². The van der Waals surface area contributed by atoms with E-state index in [4.69, 9.17) is 4.98 Å². The van der Waals surface area contributed by atoms with Gasteiger partial charge in [0.2, 0.25) is 0 Å². The summed E-state index contributed by atoms with van der Waals surface area (Å²) in [7, 11) is -3.34. The van der Waals surface area contributed by atoms with Crippen molar-refractivity contribution < 1.29 is 13.2 Å². The Labute approximate surface area is 177 Å². The number of amides is 1. The lowest BCUT2D eigenvalue weighted by molar-refractivity contribution is 0.0626. The number of aryl methyl sites for hydroxylation is 1. The lowest BCUT2D eigenvalue weighted by Crippen LogP contribution is -2.48. The summed E-state index contributed by atoms with van der Waals surface area (Å²) in [6.45, 7) is 11.9. The van der Waals surface area contributed by atoms with Crippen LogP contribution in [-0.2, 0) is 21.8 Å². The van der Waals surface area contributed by atoms with Crippen molar-refractivity contribution in [2.45, 2.75) is 44.6 Å². The standard InChI is InChI=1S/C21H29N3O3S2/c1-15-6-7-17(29(5,26)27)12-18(15)19(25)24-10-8-23(9-11-24)13-16-14-28-20(22-16)21(2,3)4/h6-7,12,14H,8-11,13H2,1-5H3. The van der Waals surface area contributed by atoms with Crippen molar-refractivity contribution >= 4 is 27.1 Å². The molecule has 29 heavy (non-hydrogen) atoms. The van der Waals surface area contributed by atoms with E-state index >= 15 is 0 Å². The average molecular weight is 436 g/mol. The molecule has 6 nitrogen and oxygen atoms in total. The fourth-order valence-electron chi connectivity index (χ4n) is 3.29. The number of thiazole rings is 1. The van der Waals surface area contributed by atoms with Gasteiger partial charge in [-0.05, 0) is 24.6 Å². The molecule has 1 saturated heterocycles. The normalized spacial score (nSPS) is 16.2. The van der Waals surface area contributed by atoms with Gasteiger partial charge in [0.05, 0.1) is 15.6 Å². The van der Waals surface area contributed by atoms with E-state index in [-0.39, 0.29) is 16.2 Å². The number of benzene rings is 1. The van der Waals surface area contributed by atoms with E-state index in [1.54, 1.807) is 23.5 Å². The van der Waals surface area contributed by atoms with Gasteiger partial charge in [-0.3, -0.25) is 9.69 Å². The molecule has 0 bridgehead atoms. The van der Waals surface area contributed by atoms with Crippen molar-refractivity contribution in [2.24, 2.45) is 0 Å². The Hall–Kier alpha value is -1.77. The third kappa shape index (κ3) is 5.24. The van der Waals surface area contributed by atoms with Crippen LogP contribution in [0.1, 0.15) is 47.4 Å². The van der Waals surface area contributed by atoms with E-state index in [2.05, 4.69) is 31.1 Å². The number of aromatic nitrogens is 1. The topological polar surface area (TPSA) is 70.6 Å². The Morgan fingerprint density at radius 1 is 1.17 bits per heavy atom. The Morgan fingerprint density at radius 2 is 1.83 bits per heavy atom. The Bertz CT molecular complexity index is 998. The van der Waals surface area contributed by atoms with Gasteiger partial charge in [-0.15, -0.1) is 11.3 Å². The minimum atomic E-state index is -3.34. The quantitative estimate of drug-likeness (QED) is 0.738. The van der Waals surface area contributed by atoms with Crippen LogP contribution in [0.4, 0.5) is 0 Å². The number of carbonyl (C=O) groups excluding carboxylic acids is 1. The summed E-state index contributed by atoms with van der Waals surface area (Å²) >= 11 is 1.70. The first-order valence-electron chi connectivity index (χ1n) is 9.72. The van der Waals surface area contributed by atoms with Crippen LogP contribution in [0.3, 0.4) is 0 Å². The van der Waals surface area contributed by atoms with E-state index in [1.807, 2.05) is 11.8 Å². The van der Waals surface area contributed by atoms with E-state index in [0.29, 0.717) is 18.7 Å². The summed E-state index contributed by atoms with van der Waals surface area (Å²) in [5, 5.41) is 3.26. The number of hydrogen-bond donors (Lipinski definition) is 0. The van der Waals surface area contributed by atoms with Gasteiger partial charge in [-0.2, -0.15) is 0 Å². The molecule has 0 radical (unpaired) electrons. The molecule has 1 aliphatic heterocycles. The van der Waals surface area contributed by atoms with Gasteiger partial charge < -0.3 is 4.90 Å². The Balaban J connectivity index is 1.64. The van der Waals surface area contributed by atoms with Crippen LogP contribution in [0.15, 0.2) is 28.5 Å². The predicted molar refractivity (Wildman–Crippen MR) is 116 cm³/mol. The second kappa shape index (κ2) is 8.16. The van der Waals surface area contributed by atoms with Crippen molar-refractivity contribution in [3.05, 3.63) is 45.4 Å². The summed E-state index contributed by atoms with van der Waals surface area (Å²) in [5.41, 5.74) is 2.40. The summed E-state index contributed by atoms with van der Waals surface area (Å²) in [5.74, 6) is -0.101. The fraction of sp³-hybridized carbons (Fsp3) is 0.524. The zero-order valence-corrected chi connectivity index (χ0v) is 19.4. The molecular weight excluding hydrogens is 406 g/mol. The molecule has 1 aromatic heterocycles. The number of nitrogens with zero attached hydrogens (tertiary/aromatic N) is 3. The van der Waals surface area contributed by atoms with Crippen molar-refractivity contribution in [3.63, 3.8) is 0 Å². The summed E-state index contributed by atoms with van der Waals surface area (Å²) < 4.78 is 23.7. The molecule has 0 unspecified atom stereocenters. The second-order valence-corrected chi connectivity index (χ2v) is 11.6. The zero-order chi connectivity index (χ0) is 21.4. The molecule has 0 saturated carbocycles. The summed E-state index contributed by atoms with van der Waals surface area (Å²) in [6.07, 6.45) is 1.16. The smallest absolute Gasteiger partial charge is 0.254 e. The van der Waals surface area contributed by atoms with Crippen LogP contribution in [0.2, 0.25) is 0 Å². The minimum Gasteiger partial charge on any atom is -0.336 e. The van der Waals surface area contributed by atoms with E-state index in [1.165, 1.54) is 6.07 Å².